The van der Waals surface area contributed by atoms with Crippen LogP contribution in [0.2, 0.25) is 0 Å². The molecule has 2 aliphatic heterocycles. The maximum absolute atomic E-state index is 12.6. The first-order valence-electron chi connectivity index (χ1n) is 12.0. The molecule has 0 aromatic rings. The molecule has 6 unspecified atom stereocenters. The van der Waals surface area contributed by atoms with Crippen LogP contribution in [0, 0.1) is 33.5 Å². The molecule has 0 amide bonds. The topological polar surface area (TPSA) is 86.7 Å². The second-order valence-corrected chi connectivity index (χ2v) is 11.0. The summed E-state index contributed by atoms with van der Waals surface area (Å²) in [6.45, 7) is 0. The maximum Gasteiger partial charge on any atom is 0.321 e. The van der Waals surface area contributed by atoms with Gasteiger partial charge in [-0.25, -0.2) is 0 Å². The van der Waals surface area contributed by atoms with Crippen LogP contribution < -0.4 is 0 Å². The molecule has 6 atom stereocenters. The van der Waals surface area contributed by atoms with Crippen molar-refractivity contribution in [3.63, 3.8) is 0 Å². The van der Waals surface area contributed by atoms with Gasteiger partial charge in [-0.15, -0.1) is 0 Å². The fourth-order valence-electron chi connectivity index (χ4n) is 8.96. The quantitative estimate of drug-likeness (QED) is 0.386. The van der Waals surface area contributed by atoms with Crippen LogP contribution in [0.1, 0.15) is 89.9 Å². The van der Waals surface area contributed by atoms with Crippen LogP contribution >= 0.6 is 0 Å². The van der Waals surface area contributed by atoms with Crippen LogP contribution in [0.15, 0.2) is 0 Å². The Bertz CT molecular complexity index is 794. The van der Waals surface area contributed by atoms with Gasteiger partial charge in [-0.3, -0.25) is 19.2 Å². The highest BCUT2D eigenvalue weighted by atomic mass is 16.6. The molecule has 0 N–H and O–H groups in total. The molecule has 2 saturated heterocycles. The van der Waals surface area contributed by atoms with Gasteiger partial charge in [-0.1, -0.05) is 38.5 Å². The van der Waals surface area contributed by atoms with Gasteiger partial charge >= 0.3 is 23.9 Å². The Morgan fingerprint density at radius 2 is 1.00 bits per heavy atom. The van der Waals surface area contributed by atoms with E-state index in [1.54, 1.807) is 0 Å². The molecule has 0 spiro atoms. The molecule has 6 heteroatoms. The molecule has 0 aromatic heterocycles. The molecular formula is C24H30O6. The van der Waals surface area contributed by atoms with Crippen LogP contribution in [-0.2, 0) is 28.7 Å². The average Bonchev–Trinajstić information content (AvgIpc) is 3.00. The van der Waals surface area contributed by atoms with Crippen molar-refractivity contribution in [3.05, 3.63) is 0 Å². The minimum atomic E-state index is -0.544. The molecule has 6 fully saturated rings. The molecule has 2 heterocycles. The molecule has 4 aliphatic carbocycles. The normalized spacial score (nSPS) is 48.5. The number of carbonyl (C=O) groups is 4. The highest BCUT2D eigenvalue weighted by molar-refractivity contribution is 6.04. The van der Waals surface area contributed by atoms with E-state index in [4.69, 9.17) is 9.47 Å². The van der Waals surface area contributed by atoms with Gasteiger partial charge < -0.3 is 9.47 Å². The zero-order chi connectivity index (χ0) is 20.8. The fourth-order valence-corrected chi connectivity index (χ4v) is 8.96. The van der Waals surface area contributed by atoms with Gasteiger partial charge in [0.25, 0.3) is 0 Å². The molecule has 162 valence electrons. The van der Waals surface area contributed by atoms with Gasteiger partial charge in [0.15, 0.2) is 0 Å². The average molecular weight is 414 g/mol. The van der Waals surface area contributed by atoms with E-state index in [1.165, 1.54) is 0 Å². The van der Waals surface area contributed by atoms with E-state index in [1.807, 2.05) is 0 Å². The van der Waals surface area contributed by atoms with Crippen molar-refractivity contribution in [2.45, 2.75) is 89.9 Å². The predicted molar refractivity (Wildman–Crippen MR) is 104 cm³/mol. The van der Waals surface area contributed by atoms with E-state index in [0.29, 0.717) is 0 Å². The van der Waals surface area contributed by atoms with E-state index in [9.17, 15) is 19.2 Å². The number of unbranched alkanes of at least 4 members (excludes halogenated alkanes) is 1. The fraction of sp³-hybridized carbons (Fsp3) is 0.833. The van der Waals surface area contributed by atoms with E-state index in [0.717, 1.165) is 89.9 Å². The number of cyclic esters (lactones) is 4. The third-order valence-electron chi connectivity index (χ3n) is 10.4. The Hall–Kier alpha value is -1.72. The number of rotatable bonds is 5. The molecule has 6 aliphatic rings. The Labute approximate surface area is 176 Å². The van der Waals surface area contributed by atoms with Crippen LogP contribution in [0.4, 0.5) is 0 Å². The number of esters is 4. The lowest BCUT2D eigenvalue weighted by Gasteiger charge is -2.59. The standard InChI is InChI=1S/C24H30O6/c25-17-21-9-3-5-11-23(21,19(27)29-17)15(13-21)7-1-2-8-16-14-22-10-4-6-12-24(16,22)20(28)30-18(22)26/h15-16H,1-14H2. The molecule has 6 rings (SSSR count). The SMILES string of the molecule is O=C1OC(=O)C23CCCCC12CC3CCCCC1CC23CCCCC12C(=O)OC3=O. The van der Waals surface area contributed by atoms with Crippen LogP contribution in [0.3, 0.4) is 0 Å². The van der Waals surface area contributed by atoms with Crippen molar-refractivity contribution >= 4 is 23.9 Å². The summed E-state index contributed by atoms with van der Waals surface area (Å²) in [5, 5.41) is 0. The first-order valence-corrected chi connectivity index (χ1v) is 12.0. The summed E-state index contributed by atoms with van der Waals surface area (Å²) in [4.78, 5) is 50.0. The van der Waals surface area contributed by atoms with Gasteiger partial charge in [0.05, 0.1) is 21.7 Å². The summed E-state index contributed by atoms with van der Waals surface area (Å²) in [6.07, 6.45) is 12.7. The highest BCUT2D eigenvalue weighted by Gasteiger charge is 2.79. The van der Waals surface area contributed by atoms with Gasteiger partial charge in [0.2, 0.25) is 0 Å². The van der Waals surface area contributed by atoms with Crippen LogP contribution in [0.25, 0.3) is 0 Å². The predicted octanol–water partition coefficient (Wildman–Crippen LogP) is 3.85. The van der Waals surface area contributed by atoms with Crippen molar-refractivity contribution in [1.29, 1.82) is 0 Å². The zero-order valence-electron chi connectivity index (χ0n) is 17.5. The lowest BCUT2D eigenvalue weighted by atomic mass is 9.39. The summed E-state index contributed by atoms with van der Waals surface area (Å²) in [7, 11) is 0. The summed E-state index contributed by atoms with van der Waals surface area (Å²) in [6, 6.07) is 0. The van der Waals surface area contributed by atoms with Crippen molar-refractivity contribution < 1.29 is 28.7 Å². The molecule has 0 bridgehead atoms. The smallest absolute Gasteiger partial charge is 0.321 e. The zero-order valence-corrected chi connectivity index (χ0v) is 17.5. The van der Waals surface area contributed by atoms with Crippen molar-refractivity contribution in [2.24, 2.45) is 33.5 Å². The van der Waals surface area contributed by atoms with Gasteiger partial charge in [-0.05, 0) is 63.2 Å². The van der Waals surface area contributed by atoms with Crippen molar-refractivity contribution in [1.82, 2.24) is 0 Å². The monoisotopic (exact) mass is 414 g/mol. The lowest BCUT2D eigenvalue weighted by molar-refractivity contribution is -0.180. The van der Waals surface area contributed by atoms with E-state index >= 15 is 0 Å². The minimum absolute atomic E-state index is 0.253. The van der Waals surface area contributed by atoms with Gasteiger partial charge in [-0.2, -0.15) is 0 Å². The van der Waals surface area contributed by atoms with E-state index < -0.39 is 21.7 Å². The van der Waals surface area contributed by atoms with Crippen molar-refractivity contribution in [2.75, 3.05) is 0 Å². The van der Waals surface area contributed by atoms with Crippen LogP contribution in [-0.4, -0.2) is 23.9 Å². The van der Waals surface area contributed by atoms with Crippen LogP contribution in [0.5, 0.6) is 0 Å². The Balaban J connectivity index is 1.09. The number of hydrogen-bond acceptors (Lipinski definition) is 6. The highest BCUT2D eigenvalue weighted by Crippen LogP contribution is 2.74. The summed E-state index contributed by atoms with van der Waals surface area (Å²) >= 11 is 0. The largest absolute Gasteiger partial charge is 0.392 e. The van der Waals surface area contributed by atoms with Gasteiger partial charge in [0, 0.05) is 0 Å². The number of ether oxygens (including phenoxy) is 2. The molecule has 0 aromatic carbocycles. The Kier molecular flexibility index (Phi) is 3.77. The Morgan fingerprint density at radius 3 is 1.43 bits per heavy atom. The Morgan fingerprint density at radius 1 is 0.600 bits per heavy atom. The molecule has 4 saturated carbocycles. The molecule has 0 radical (unpaired) electrons. The maximum atomic E-state index is 12.6. The first kappa shape index (κ1) is 19.0. The third-order valence-corrected chi connectivity index (χ3v) is 10.4. The van der Waals surface area contributed by atoms with Gasteiger partial charge in [0.1, 0.15) is 0 Å². The third kappa shape index (κ3) is 1.85. The lowest BCUT2D eigenvalue weighted by Crippen LogP contribution is -2.62. The number of carbonyl (C=O) groups excluding carboxylic acids is 4. The first-order chi connectivity index (χ1) is 14.4. The minimum Gasteiger partial charge on any atom is -0.392 e. The summed E-state index contributed by atoms with van der Waals surface area (Å²) in [5.74, 6) is -0.558. The molecule has 30 heavy (non-hydrogen) atoms. The molecule has 6 nitrogen and oxygen atoms in total. The summed E-state index contributed by atoms with van der Waals surface area (Å²) in [5.41, 5.74) is -2.12. The second-order valence-electron chi connectivity index (χ2n) is 11.0. The van der Waals surface area contributed by atoms with E-state index in [2.05, 4.69) is 0 Å². The molecular weight excluding hydrogens is 384 g/mol. The van der Waals surface area contributed by atoms with E-state index in [-0.39, 0.29) is 35.7 Å². The summed E-state index contributed by atoms with van der Waals surface area (Å²) < 4.78 is 10.3. The van der Waals surface area contributed by atoms with Crippen molar-refractivity contribution in [3.8, 4) is 0 Å². The second kappa shape index (κ2) is 5.95. The number of hydrogen-bond donors (Lipinski definition) is 0.